The summed E-state index contributed by atoms with van der Waals surface area (Å²) in [6, 6.07) is 18.2. The number of imide groups is 1. The Kier molecular flexibility index (Phi) is 6.55. The summed E-state index contributed by atoms with van der Waals surface area (Å²) in [5, 5.41) is 5.60. The molecule has 0 fully saturated rings. The third-order valence-corrected chi connectivity index (χ3v) is 5.31. The number of carbonyl (C=O) groups excluding carboxylic acids is 3. The molecular formula is C25H21N3O5S. The maximum absolute atomic E-state index is 12.8. The van der Waals surface area contributed by atoms with Gasteiger partial charge in [-0.1, -0.05) is 18.2 Å². The van der Waals surface area contributed by atoms with Crippen LogP contribution >= 0.6 is 12.2 Å². The van der Waals surface area contributed by atoms with Gasteiger partial charge in [-0.25, -0.2) is 4.90 Å². The number of carbonyl (C=O) groups is 3. The zero-order valence-corrected chi connectivity index (χ0v) is 19.3. The van der Waals surface area contributed by atoms with Crippen LogP contribution in [0.1, 0.15) is 38.0 Å². The van der Waals surface area contributed by atoms with Gasteiger partial charge in [0.25, 0.3) is 17.7 Å². The summed E-state index contributed by atoms with van der Waals surface area (Å²) >= 11 is 5.27. The summed E-state index contributed by atoms with van der Waals surface area (Å²) in [7, 11) is 1.44. The predicted molar refractivity (Wildman–Crippen MR) is 132 cm³/mol. The lowest BCUT2D eigenvalue weighted by molar-refractivity contribution is 0.0922. The topological polar surface area (TPSA) is 97.0 Å². The largest absolute Gasteiger partial charge is 0.494 e. The van der Waals surface area contributed by atoms with Crippen LogP contribution in [0.15, 0.2) is 66.7 Å². The quantitative estimate of drug-likeness (QED) is 0.411. The molecule has 0 atom stereocenters. The van der Waals surface area contributed by atoms with Gasteiger partial charge >= 0.3 is 0 Å². The first-order valence-corrected chi connectivity index (χ1v) is 10.8. The zero-order chi connectivity index (χ0) is 24.2. The molecule has 0 radical (unpaired) electrons. The highest BCUT2D eigenvalue weighted by atomic mass is 32.1. The Morgan fingerprint density at radius 2 is 1.68 bits per heavy atom. The Hall–Kier alpha value is -4.24. The molecule has 1 aliphatic heterocycles. The fourth-order valence-corrected chi connectivity index (χ4v) is 3.79. The van der Waals surface area contributed by atoms with Gasteiger partial charge in [-0.3, -0.25) is 19.7 Å². The summed E-state index contributed by atoms with van der Waals surface area (Å²) < 4.78 is 10.8. The van der Waals surface area contributed by atoms with Gasteiger partial charge in [0.05, 0.1) is 30.5 Å². The molecule has 0 aliphatic carbocycles. The molecule has 4 rings (SSSR count). The number of ether oxygens (including phenoxy) is 2. The number of nitrogens with zero attached hydrogens (tertiary/aromatic N) is 1. The monoisotopic (exact) mass is 475 g/mol. The smallest absolute Gasteiger partial charge is 0.266 e. The summed E-state index contributed by atoms with van der Waals surface area (Å²) in [5.74, 6) is -0.359. The van der Waals surface area contributed by atoms with E-state index in [-0.39, 0.29) is 10.9 Å². The van der Waals surface area contributed by atoms with Crippen molar-refractivity contribution in [3.63, 3.8) is 0 Å². The van der Waals surface area contributed by atoms with Gasteiger partial charge in [-0.05, 0) is 61.6 Å². The molecule has 8 nitrogen and oxygen atoms in total. The maximum atomic E-state index is 12.8. The molecule has 34 heavy (non-hydrogen) atoms. The average Bonchev–Trinajstić information content (AvgIpc) is 3.09. The van der Waals surface area contributed by atoms with Crippen molar-refractivity contribution in [2.45, 2.75) is 6.92 Å². The maximum Gasteiger partial charge on any atom is 0.266 e. The number of nitrogens with one attached hydrogen (secondary N) is 2. The molecule has 0 aromatic heterocycles. The molecule has 0 saturated carbocycles. The predicted octanol–water partition coefficient (Wildman–Crippen LogP) is 4.02. The molecule has 0 spiro atoms. The first-order valence-electron chi connectivity index (χ1n) is 10.4. The lowest BCUT2D eigenvalue weighted by Gasteiger charge is -2.19. The lowest BCUT2D eigenvalue weighted by atomic mass is 10.1. The van der Waals surface area contributed by atoms with Crippen molar-refractivity contribution in [1.29, 1.82) is 0 Å². The standard InChI is InChI=1S/C25H21N3O5S/c1-3-33-17-8-6-7-15(13-17)22(29)27-25(34)26-16-11-12-20(21(14-16)32-2)28-23(30)18-9-4-5-10-19(18)24(28)31/h4-14H,3H2,1-2H3,(H2,26,27,29,34). The van der Waals surface area contributed by atoms with E-state index >= 15 is 0 Å². The van der Waals surface area contributed by atoms with Gasteiger partial charge in [0.15, 0.2) is 5.11 Å². The average molecular weight is 476 g/mol. The number of benzene rings is 3. The van der Waals surface area contributed by atoms with Gasteiger partial charge < -0.3 is 14.8 Å². The Labute approximate surface area is 201 Å². The van der Waals surface area contributed by atoms with E-state index in [1.807, 2.05) is 6.92 Å². The molecule has 0 unspecified atom stereocenters. The van der Waals surface area contributed by atoms with E-state index in [2.05, 4.69) is 10.6 Å². The molecule has 172 valence electrons. The van der Waals surface area contributed by atoms with E-state index in [1.54, 1.807) is 66.7 Å². The molecule has 1 heterocycles. The van der Waals surface area contributed by atoms with Crippen molar-refractivity contribution in [1.82, 2.24) is 5.32 Å². The second kappa shape index (κ2) is 9.72. The fraction of sp³-hybridized carbons (Fsp3) is 0.120. The summed E-state index contributed by atoms with van der Waals surface area (Å²) in [6.45, 7) is 2.35. The van der Waals surface area contributed by atoms with Crippen molar-refractivity contribution in [3.05, 3.63) is 83.4 Å². The van der Waals surface area contributed by atoms with Gasteiger partial charge in [0.1, 0.15) is 11.5 Å². The van der Waals surface area contributed by atoms with Gasteiger partial charge in [-0.2, -0.15) is 0 Å². The molecule has 3 aromatic rings. The van der Waals surface area contributed by atoms with E-state index in [1.165, 1.54) is 7.11 Å². The fourth-order valence-electron chi connectivity index (χ4n) is 3.58. The SMILES string of the molecule is CCOc1cccc(C(=O)NC(=S)Nc2ccc(N3C(=O)c4ccccc4C3=O)c(OC)c2)c1. The van der Waals surface area contributed by atoms with E-state index in [0.29, 0.717) is 40.4 Å². The van der Waals surface area contributed by atoms with Crippen molar-refractivity contribution in [3.8, 4) is 11.5 Å². The molecule has 0 bridgehead atoms. The number of rotatable bonds is 6. The number of hydrogen-bond acceptors (Lipinski definition) is 6. The number of methoxy groups -OCH3 is 1. The molecule has 1 aliphatic rings. The molecular weight excluding hydrogens is 454 g/mol. The minimum absolute atomic E-state index is 0.0716. The van der Waals surface area contributed by atoms with Crippen LogP contribution < -0.4 is 25.0 Å². The Morgan fingerprint density at radius 3 is 2.32 bits per heavy atom. The Balaban J connectivity index is 1.49. The van der Waals surface area contributed by atoms with Crippen LogP contribution in [0, 0.1) is 0 Å². The highest BCUT2D eigenvalue weighted by molar-refractivity contribution is 7.80. The van der Waals surface area contributed by atoms with Crippen LogP contribution in [0.2, 0.25) is 0 Å². The molecule has 3 amide bonds. The van der Waals surface area contributed by atoms with Gasteiger partial charge in [0.2, 0.25) is 0 Å². The Bertz CT molecular complexity index is 1270. The third-order valence-electron chi connectivity index (χ3n) is 5.11. The first-order chi connectivity index (χ1) is 16.4. The van der Waals surface area contributed by atoms with Gasteiger partial charge in [0, 0.05) is 17.3 Å². The van der Waals surface area contributed by atoms with Crippen LogP contribution in [-0.2, 0) is 0 Å². The van der Waals surface area contributed by atoms with Crippen LogP contribution in [0.5, 0.6) is 11.5 Å². The lowest BCUT2D eigenvalue weighted by Crippen LogP contribution is -2.34. The third kappa shape index (κ3) is 4.46. The molecule has 3 aromatic carbocycles. The number of amides is 3. The summed E-state index contributed by atoms with van der Waals surface area (Å²) in [5.41, 5.74) is 1.89. The molecule has 9 heteroatoms. The minimum Gasteiger partial charge on any atom is -0.494 e. The first kappa shape index (κ1) is 22.9. The van der Waals surface area contributed by atoms with Crippen LogP contribution in [0.3, 0.4) is 0 Å². The number of hydrogen-bond donors (Lipinski definition) is 2. The zero-order valence-electron chi connectivity index (χ0n) is 18.5. The van der Waals surface area contributed by atoms with Crippen LogP contribution in [-0.4, -0.2) is 36.6 Å². The minimum atomic E-state index is -0.420. The molecule has 2 N–H and O–H groups in total. The van der Waals surface area contributed by atoms with Crippen LogP contribution in [0.4, 0.5) is 11.4 Å². The summed E-state index contributed by atoms with van der Waals surface area (Å²) in [4.78, 5) is 39.2. The second-order valence-corrected chi connectivity index (χ2v) is 7.66. The van der Waals surface area contributed by atoms with Crippen LogP contribution in [0.25, 0.3) is 0 Å². The molecule has 0 saturated heterocycles. The Morgan fingerprint density at radius 1 is 0.971 bits per heavy atom. The summed E-state index contributed by atoms with van der Waals surface area (Å²) in [6.07, 6.45) is 0. The van der Waals surface area contributed by atoms with Crippen molar-refractivity contribution < 1.29 is 23.9 Å². The second-order valence-electron chi connectivity index (χ2n) is 7.25. The highest BCUT2D eigenvalue weighted by Crippen LogP contribution is 2.36. The van der Waals surface area contributed by atoms with Crippen molar-refractivity contribution >= 4 is 46.4 Å². The number of thiocarbonyl (C=S) groups is 1. The number of anilines is 2. The van der Waals surface area contributed by atoms with Crippen molar-refractivity contribution in [2.24, 2.45) is 0 Å². The van der Waals surface area contributed by atoms with E-state index in [4.69, 9.17) is 21.7 Å². The van der Waals surface area contributed by atoms with E-state index in [9.17, 15) is 14.4 Å². The van der Waals surface area contributed by atoms with E-state index < -0.39 is 17.7 Å². The van der Waals surface area contributed by atoms with Crippen molar-refractivity contribution in [2.75, 3.05) is 23.9 Å². The van der Waals surface area contributed by atoms with E-state index in [0.717, 1.165) is 4.90 Å². The van der Waals surface area contributed by atoms with Gasteiger partial charge in [-0.15, -0.1) is 0 Å². The normalized spacial score (nSPS) is 12.2. The number of fused-ring (bicyclic) bond motifs is 1. The highest BCUT2D eigenvalue weighted by Gasteiger charge is 2.37.